The molecule has 122 valence electrons. The van der Waals surface area contributed by atoms with Crippen molar-refractivity contribution in [3.05, 3.63) is 29.6 Å². The molecule has 1 amide bonds. The zero-order chi connectivity index (χ0) is 16.4. The van der Waals surface area contributed by atoms with Crippen molar-refractivity contribution in [2.45, 2.75) is 26.5 Å². The molecular weight excluding hydrogens is 301 g/mol. The SMILES string of the molecule is Cc1cc(-c2nnn(CC(=O)N3CCOC(C)C3)n2)ccc1F. The van der Waals surface area contributed by atoms with E-state index >= 15 is 0 Å². The zero-order valence-corrected chi connectivity index (χ0v) is 13.1. The average Bonchev–Trinajstić information content (AvgIpc) is 2.98. The van der Waals surface area contributed by atoms with E-state index in [4.69, 9.17) is 4.74 Å². The third-order valence-corrected chi connectivity index (χ3v) is 3.74. The van der Waals surface area contributed by atoms with Crippen LogP contribution in [0.25, 0.3) is 11.4 Å². The number of ether oxygens (including phenoxy) is 1. The number of hydrogen-bond donors (Lipinski definition) is 0. The van der Waals surface area contributed by atoms with Gasteiger partial charge in [-0.2, -0.15) is 4.80 Å². The quantitative estimate of drug-likeness (QED) is 0.845. The number of amides is 1. The molecule has 0 spiro atoms. The van der Waals surface area contributed by atoms with E-state index in [0.29, 0.717) is 36.6 Å². The number of aryl methyl sites for hydroxylation is 1. The van der Waals surface area contributed by atoms with Crippen LogP contribution in [0.3, 0.4) is 0 Å². The number of tetrazole rings is 1. The second-order valence-electron chi connectivity index (χ2n) is 5.63. The lowest BCUT2D eigenvalue weighted by Gasteiger charge is -2.30. The molecule has 0 N–H and O–H groups in total. The third-order valence-electron chi connectivity index (χ3n) is 3.74. The van der Waals surface area contributed by atoms with Gasteiger partial charge in [-0.25, -0.2) is 4.39 Å². The lowest BCUT2D eigenvalue weighted by molar-refractivity contribution is -0.139. The Labute approximate surface area is 133 Å². The van der Waals surface area contributed by atoms with Crippen LogP contribution in [0, 0.1) is 12.7 Å². The molecule has 1 saturated heterocycles. The van der Waals surface area contributed by atoms with Crippen molar-refractivity contribution in [3.63, 3.8) is 0 Å². The van der Waals surface area contributed by atoms with Gasteiger partial charge in [0, 0.05) is 18.7 Å². The number of benzene rings is 1. The molecule has 1 aromatic heterocycles. The van der Waals surface area contributed by atoms with Gasteiger partial charge in [-0.15, -0.1) is 10.2 Å². The highest BCUT2D eigenvalue weighted by atomic mass is 19.1. The molecule has 1 aliphatic rings. The molecule has 0 bridgehead atoms. The summed E-state index contributed by atoms with van der Waals surface area (Å²) < 4.78 is 18.7. The molecule has 2 aromatic rings. The normalized spacial score (nSPS) is 18.2. The fourth-order valence-electron chi connectivity index (χ4n) is 2.48. The number of carbonyl (C=O) groups is 1. The first-order valence-corrected chi connectivity index (χ1v) is 7.46. The lowest BCUT2D eigenvalue weighted by Crippen LogP contribution is -2.45. The van der Waals surface area contributed by atoms with Crippen LogP contribution in [-0.4, -0.2) is 56.8 Å². The Morgan fingerprint density at radius 1 is 1.48 bits per heavy atom. The van der Waals surface area contributed by atoms with Crippen LogP contribution in [0.4, 0.5) is 4.39 Å². The van der Waals surface area contributed by atoms with Crippen molar-refractivity contribution in [1.29, 1.82) is 0 Å². The molecule has 1 atom stereocenters. The molecule has 0 aliphatic carbocycles. The van der Waals surface area contributed by atoms with E-state index in [9.17, 15) is 9.18 Å². The van der Waals surface area contributed by atoms with Crippen molar-refractivity contribution in [1.82, 2.24) is 25.1 Å². The number of carbonyl (C=O) groups excluding carboxylic acids is 1. The number of rotatable bonds is 3. The molecule has 8 heteroatoms. The maximum absolute atomic E-state index is 13.3. The van der Waals surface area contributed by atoms with Gasteiger partial charge in [-0.1, -0.05) is 0 Å². The van der Waals surface area contributed by atoms with Crippen LogP contribution in [0.1, 0.15) is 12.5 Å². The van der Waals surface area contributed by atoms with Gasteiger partial charge in [0.05, 0.1) is 12.7 Å². The van der Waals surface area contributed by atoms with Crippen molar-refractivity contribution in [2.75, 3.05) is 19.7 Å². The molecule has 1 fully saturated rings. The summed E-state index contributed by atoms with van der Waals surface area (Å²) in [5.74, 6) is 0.0217. The zero-order valence-electron chi connectivity index (χ0n) is 13.1. The van der Waals surface area contributed by atoms with Gasteiger partial charge in [-0.3, -0.25) is 4.79 Å². The predicted octanol–water partition coefficient (Wildman–Crippen LogP) is 1.03. The Bertz CT molecular complexity index is 718. The molecule has 1 unspecified atom stereocenters. The molecule has 1 aliphatic heterocycles. The van der Waals surface area contributed by atoms with E-state index < -0.39 is 0 Å². The minimum Gasteiger partial charge on any atom is -0.375 e. The summed E-state index contributed by atoms with van der Waals surface area (Å²) in [6, 6.07) is 4.61. The smallest absolute Gasteiger partial charge is 0.246 e. The molecule has 0 radical (unpaired) electrons. The largest absolute Gasteiger partial charge is 0.375 e. The monoisotopic (exact) mass is 319 g/mol. The van der Waals surface area contributed by atoms with Crippen LogP contribution in [0.2, 0.25) is 0 Å². The van der Waals surface area contributed by atoms with Gasteiger partial charge >= 0.3 is 0 Å². The van der Waals surface area contributed by atoms with Gasteiger partial charge in [0.1, 0.15) is 12.4 Å². The van der Waals surface area contributed by atoms with Crippen LogP contribution < -0.4 is 0 Å². The van der Waals surface area contributed by atoms with Crippen molar-refractivity contribution in [2.24, 2.45) is 0 Å². The van der Waals surface area contributed by atoms with E-state index in [-0.39, 0.29) is 24.4 Å². The number of aromatic nitrogens is 4. The summed E-state index contributed by atoms with van der Waals surface area (Å²) in [6.07, 6.45) is 0.0363. The first kappa shape index (κ1) is 15.5. The van der Waals surface area contributed by atoms with E-state index in [1.807, 2.05) is 6.92 Å². The Kier molecular flexibility index (Phi) is 4.33. The fourth-order valence-corrected chi connectivity index (χ4v) is 2.48. The van der Waals surface area contributed by atoms with Crippen LogP contribution in [-0.2, 0) is 16.1 Å². The molecule has 2 heterocycles. The van der Waals surface area contributed by atoms with Crippen LogP contribution in [0.5, 0.6) is 0 Å². The number of morpholine rings is 1. The minimum absolute atomic E-state index is 0.0277. The summed E-state index contributed by atoms with van der Waals surface area (Å²) in [6.45, 7) is 5.31. The van der Waals surface area contributed by atoms with E-state index in [1.165, 1.54) is 10.9 Å². The van der Waals surface area contributed by atoms with Crippen molar-refractivity contribution < 1.29 is 13.9 Å². The molecule has 3 rings (SSSR count). The lowest BCUT2D eigenvalue weighted by atomic mass is 10.1. The van der Waals surface area contributed by atoms with E-state index in [0.717, 1.165) is 0 Å². The molecule has 0 saturated carbocycles. The Morgan fingerprint density at radius 3 is 3.04 bits per heavy atom. The van der Waals surface area contributed by atoms with Crippen molar-refractivity contribution in [3.8, 4) is 11.4 Å². The predicted molar refractivity (Wildman–Crippen MR) is 79.9 cm³/mol. The topological polar surface area (TPSA) is 73.1 Å². The maximum atomic E-state index is 13.3. The molecule has 23 heavy (non-hydrogen) atoms. The Hall–Kier alpha value is -2.35. The van der Waals surface area contributed by atoms with Gasteiger partial charge in [0.25, 0.3) is 0 Å². The minimum atomic E-state index is -0.280. The van der Waals surface area contributed by atoms with Gasteiger partial charge in [0.2, 0.25) is 11.7 Å². The molecular formula is C15H18FN5O2. The van der Waals surface area contributed by atoms with Gasteiger partial charge in [-0.05, 0) is 42.8 Å². The second-order valence-corrected chi connectivity index (χ2v) is 5.63. The Morgan fingerprint density at radius 2 is 2.30 bits per heavy atom. The summed E-state index contributed by atoms with van der Waals surface area (Å²) in [5, 5.41) is 12.0. The fraction of sp³-hybridized carbons (Fsp3) is 0.467. The highest BCUT2D eigenvalue weighted by Gasteiger charge is 2.22. The Balaban J connectivity index is 1.69. The maximum Gasteiger partial charge on any atom is 0.246 e. The summed E-state index contributed by atoms with van der Waals surface area (Å²) in [7, 11) is 0. The highest BCUT2D eigenvalue weighted by Crippen LogP contribution is 2.17. The summed E-state index contributed by atoms with van der Waals surface area (Å²) in [5.41, 5.74) is 1.18. The molecule has 7 nitrogen and oxygen atoms in total. The van der Waals surface area contributed by atoms with Crippen LogP contribution >= 0.6 is 0 Å². The van der Waals surface area contributed by atoms with Gasteiger partial charge < -0.3 is 9.64 Å². The first-order valence-electron chi connectivity index (χ1n) is 7.46. The summed E-state index contributed by atoms with van der Waals surface area (Å²) in [4.78, 5) is 15.2. The average molecular weight is 319 g/mol. The second kappa shape index (κ2) is 6.41. The van der Waals surface area contributed by atoms with Gasteiger partial charge in [0.15, 0.2) is 0 Å². The number of nitrogens with zero attached hydrogens (tertiary/aromatic N) is 5. The van der Waals surface area contributed by atoms with Crippen LogP contribution in [0.15, 0.2) is 18.2 Å². The first-order chi connectivity index (χ1) is 11.0. The van der Waals surface area contributed by atoms with Crippen molar-refractivity contribution >= 4 is 5.91 Å². The van der Waals surface area contributed by atoms with E-state index in [2.05, 4.69) is 15.4 Å². The number of hydrogen-bond acceptors (Lipinski definition) is 5. The molecule has 1 aromatic carbocycles. The number of halogens is 1. The highest BCUT2D eigenvalue weighted by molar-refractivity contribution is 5.76. The summed E-state index contributed by atoms with van der Waals surface area (Å²) >= 11 is 0. The standard InChI is InChI=1S/C15H18FN5O2/c1-10-7-12(3-4-13(10)16)15-17-19-21(18-15)9-14(22)20-5-6-23-11(2)8-20/h3-4,7,11H,5-6,8-9H2,1-2H3. The third kappa shape index (κ3) is 3.53. The van der Waals surface area contributed by atoms with E-state index in [1.54, 1.807) is 24.0 Å².